The third-order valence-electron chi connectivity index (χ3n) is 3.04. The number of aryl methyl sites for hydroxylation is 1. The molecule has 0 amide bonds. The molecule has 4 heteroatoms. The van der Waals surface area contributed by atoms with Gasteiger partial charge in [0.2, 0.25) is 0 Å². The van der Waals surface area contributed by atoms with E-state index in [1.807, 2.05) is 6.20 Å². The van der Waals surface area contributed by atoms with Gasteiger partial charge in [0.05, 0.1) is 4.88 Å². The predicted molar refractivity (Wildman–Crippen MR) is 85.9 cm³/mol. The van der Waals surface area contributed by atoms with Gasteiger partial charge in [0, 0.05) is 12.7 Å². The molecule has 0 radical (unpaired) electrons. The molecule has 108 valence electrons. The van der Waals surface area contributed by atoms with Crippen molar-refractivity contribution in [1.82, 2.24) is 4.98 Å². The van der Waals surface area contributed by atoms with Crippen LogP contribution < -0.4 is 10.1 Å². The van der Waals surface area contributed by atoms with Crippen LogP contribution in [0.4, 0.5) is 5.13 Å². The van der Waals surface area contributed by atoms with Crippen molar-refractivity contribution < 1.29 is 4.74 Å². The van der Waals surface area contributed by atoms with Gasteiger partial charge < -0.3 is 10.1 Å². The molecule has 0 saturated heterocycles. The van der Waals surface area contributed by atoms with E-state index in [9.17, 15) is 0 Å². The molecule has 1 heterocycles. The van der Waals surface area contributed by atoms with Gasteiger partial charge in [0.1, 0.15) is 12.4 Å². The highest BCUT2D eigenvalue weighted by atomic mass is 32.1. The predicted octanol–water partition coefficient (Wildman–Crippen LogP) is 4.59. The summed E-state index contributed by atoms with van der Waals surface area (Å²) in [5.74, 6) is 1.45. The fraction of sp³-hybridized carbons (Fsp3) is 0.438. The number of ether oxygens (including phenoxy) is 1. The molecule has 0 aliphatic carbocycles. The summed E-state index contributed by atoms with van der Waals surface area (Å²) >= 11 is 1.65. The molecule has 1 aromatic heterocycles. The molecule has 0 atom stereocenters. The molecule has 0 bridgehead atoms. The normalized spacial score (nSPS) is 10.8. The Kier molecular flexibility index (Phi) is 5.01. The van der Waals surface area contributed by atoms with Crippen LogP contribution in [0.1, 0.15) is 42.7 Å². The first-order chi connectivity index (χ1) is 9.60. The fourth-order valence-electron chi connectivity index (χ4n) is 2.00. The van der Waals surface area contributed by atoms with E-state index in [2.05, 4.69) is 56.2 Å². The van der Waals surface area contributed by atoms with E-state index in [0.29, 0.717) is 12.5 Å². The molecule has 0 spiro atoms. The summed E-state index contributed by atoms with van der Waals surface area (Å²) in [6.07, 6.45) is 1.88. The second kappa shape index (κ2) is 6.75. The van der Waals surface area contributed by atoms with Gasteiger partial charge >= 0.3 is 0 Å². The van der Waals surface area contributed by atoms with Gasteiger partial charge in [0.25, 0.3) is 0 Å². The number of hydrogen-bond donors (Lipinski definition) is 1. The van der Waals surface area contributed by atoms with Crippen LogP contribution in [0.3, 0.4) is 0 Å². The highest BCUT2D eigenvalue weighted by molar-refractivity contribution is 7.15. The monoisotopic (exact) mass is 290 g/mol. The number of hydrogen-bond acceptors (Lipinski definition) is 4. The van der Waals surface area contributed by atoms with Crippen LogP contribution in [0.25, 0.3) is 0 Å². The summed E-state index contributed by atoms with van der Waals surface area (Å²) in [5, 5.41) is 4.17. The molecule has 0 aliphatic heterocycles. The maximum Gasteiger partial charge on any atom is 0.182 e. The van der Waals surface area contributed by atoms with Gasteiger partial charge in [-0.3, -0.25) is 0 Å². The Morgan fingerprint density at radius 2 is 2.15 bits per heavy atom. The smallest absolute Gasteiger partial charge is 0.182 e. The zero-order chi connectivity index (χ0) is 14.5. The molecule has 20 heavy (non-hydrogen) atoms. The second-order valence-corrected chi connectivity index (χ2v) is 6.26. The van der Waals surface area contributed by atoms with E-state index in [4.69, 9.17) is 4.74 Å². The summed E-state index contributed by atoms with van der Waals surface area (Å²) in [6.45, 7) is 10.0. The van der Waals surface area contributed by atoms with Crippen molar-refractivity contribution in [3.05, 3.63) is 40.4 Å². The van der Waals surface area contributed by atoms with Crippen molar-refractivity contribution in [3.8, 4) is 5.75 Å². The molecule has 0 saturated carbocycles. The minimum atomic E-state index is 0.462. The summed E-state index contributed by atoms with van der Waals surface area (Å²) in [7, 11) is 0. The minimum absolute atomic E-state index is 0.462. The topological polar surface area (TPSA) is 34.2 Å². The quantitative estimate of drug-likeness (QED) is 0.845. The Morgan fingerprint density at radius 3 is 2.85 bits per heavy atom. The zero-order valence-corrected chi connectivity index (χ0v) is 13.4. The molecular weight excluding hydrogens is 268 g/mol. The van der Waals surface area contributed by atoms with E-state index in [1.165, 1.54) is 11.1 Å². The molecule has 1 N–H and O–H groups in total. The number of rotatable bonds is 6. The Hall–Kier alpha value is -1.55. The van der Waals surface area contributed by atoms with Crippen molar-refractivity contribution in [3.63, 3.8) is 0 Å². The number of nitrogens with zero attached hydrogens (tertiary/aromatic N) is 1. The van der Waals surface area contributed by atoms with E-state index in [1.54, 1.807) is 11.3 Å². The first-order valence-electron chi connectivity index (χ1n) is 7.02. The average Bonchev–Trinajstić information content (AvgIpc) is 2.84. The molecule has 3 nitrogen and oxygen atoms in total. The lowest BCUT2D eigenvalue weighted by Gasteiger charge is -2.14. The summed E-state index contributed by atoms with van der Waals surface area (Å²) < 4.78 is 6.00. The Balaban J connectivity index is 2.07. The van der Waals surface area contributed by atoms with Gasteiger partial charge in [-0.25, -0.2) is 4.98 Å². The lowest BCUT2D eigenvalue weighted by molar-refractivity contribution is 0.305. The van der Waals surface area contributed by atoms with Gasteiger partial charge in [-0.15, -0.1) is 0 Å². The molecule has 2 aromatic rings. The largest absolute Gasteiger partial charge is 0.488 e. The number of thiazole rings is 1. The van der Waals surface area contributed by atoms with E-state index in [-0.39, 0.29) is 0 Å². The van der Waals surface area contributed by atoms with Crippen molar-refractivity contribution in [1.29, 1.82) is 0 Å². The maximum absolute atomic E-state index is 6.00. The summed E-state index contributed by atoms with van der Waals surface area (Å²) in [6, 6.07) is 6.41. The molecule has 0 fully saturated rings. The van der Waals surface area contributed by atoms with Crippen LogP contribution in [0.2, 0.25) is 0 Å². The third-order valence-corrected chi connectivity index (χ3v) is 3.97. The molecule has 0 unspecified atom stereocenters. The SMILES string of the molecule is CCNc1ncc(COc2cc(C)ccc2C(C)C)s1. The summed E-state index contributed by atoms with van der Waals surface area (Å²) in [4.78, 5) is 5.46. The van der Waals surface area contributed by atoms with Crippen molar-refractivity contribution in [2.75, 3.05) is 11.9 Å². The number of nitrogens with one attached hydrogen (secondary N) is 1. The molecular formula is C16H22N2OS. The lowest BCUT2D eigenvalue weighted by Crippen LogP contribution is -1.99. The first-order valence-corrected chi connectivity index (χ1v) is 7.83. The standard InChI is InChI=1S/C16H22N2OS/c1-5-17-16-18-9-13(20-16)10-19-15-8-12(4)6-7-14(15)11(2)3/h6-9,11H,5,10H2,1-4H3,(H,17,18). The maximum atomic E-state index is 6.00. The zero-order valence-electron chi connectivity index (χ0n) is 12.6. The van der Waals surface area contributed by atoms with Gasteiger partial charge in [-0.1, -0.05) is 37.3 Å². The summed E-state index contributed by atoms with van der Waals surface area (Å²) in [5.41, 5.74) is 2.48. The van der Waals surface area contributed by atoms with Gasteiger partial charge in [-0.05, 0) is 37.0 Å². The van der Waals surface area contributed by atoms with E-state index < -0.39 is 0 Å². The number of aromatic nitrogens is 1. The van der Waals surface area contributed by atoms with Crippen LogP contribution in [0.15, 0.2) is 24.4 Å². The number of anilines is 1. The van der Waals surface area contributed by atoms with E-state index in [0.717, 1.165) is 22.3 Å². The van der Waals surface area contributed by atoms with Gasteiger partial charge in [0.15, 0.2) is 5.13 Å². The van der Waals surface area contributed by atoms with Crippen molar-refractivity contribution in [2.24, 2.45) is 0 Å². The Morgan fingerprint density at radius 1 is 1.35 bits per heavy atom. The van der Waals surface area contributed by atoms with Crippen LogP contribution in [-0.4, -0.2) is 11.5 Å². The fourth-order valence-corrected chi connectivity index (χ4v) is 2.79. The Labute approximate surface area is 125 Å². The van der Waals surface area contributed by atoms with Crippen molar-refractivity contribution >= 4 is 16.5 Å². The van der Waals surface area contributed by atoms with Crippen molar-refractivity contribution in [2.45, 2.75) is 40.2 Å². The average molecular weight is 290 g/mol. The Bertz CT molecular complexity index is 563. The van der Waals surface area contributed by atoms with Crippen LogP contribution in [0.5, 0.6) is 5.75 Å². The third kappa shape index (κ3) is 3.73. The molecule has 1 aromatic carbocycles. The highest BCUT2D eigenvalue weighted by Gasteiger charge is 2.09. The number of benzene rings is 1. The molecule has 0 aliphatic rings. The van der Waals surface area contributed by atoms with Gasteiger partial charge in [-0.2, -0.15) is 0 Å². The minimum Gasteiger partial charge on any atom is -0.488 e. The second-order valence-electron chi connectivity index (χ2n) is 5.15. The highest BCUT2D eigenvalue weighted by Crippen LogP contribution is 2.29. The van der Waals surface area contributed by atoms with Crippen LogP contribution in [0, 0.1) is 6.92 Å². The van der Waals surface area contributed by atoms with Crippen LogP contribution in [-0.2, 0) is 6.61 Å². The first kappa shape index (κ1) is 14.9. The molecule has 2 rings (SSSR count). The van der Waals surface area contributed by atoms with E-state index >= 15 is 0 Å². The van der Waals surface area contributed by atoms with Crippen LogP contribution >= 0.6 is 11.3 Å². The lowest BCUT2D eigenvalue weighted by atomic mass is 10.0.